The first-order chi connectivity index (χ1) is 10.8. The molecule has 4 heteroatoms. The Labute approximate surface area is 133 Å². The number of rotatable bonds is 3. The molecule has 0 spiro atoms. The van der Waals surface area contributed by atoms with Gasteiger partial charge in [-0.1, -0.05) is 18.2 Å². The van der Waals surface area contributed by atoms with Gasteiger partial charge in [-0.05, 0) is 54.3 Å². The van der Waals surface area contributed by atoms with Gasteiger partial charge in [0.1, 0.15) is 6.04 Å². The molecule has 4 rings (SSSR count). The van der Waals surface area contributed by atoms with Crippen LogP contribution >= 0.6 is 11.3 Å². The highest BCUT2D eigenvalue weighted by atomic mass is 32.1. The number of anilines is 1. The Bertz CT molecular complexity index is 790. The quantitative estimate of drug-likeness (QED) is 0.756. The van der Waals surface area contributed by atoms with E-state index in [9.17, 15) is 0 Å². The molecule has 0 aliphatic carbocycles. The van der Waals surface area contributed by atoms with Crippen LogP contribution in [0.2, 0.25) is 0 Å². The molecule has 2 aromatic heterocycles. The molecule has 0 amide bonds. The van der Waals surface area contributed by atoms with Crippen LogP contribution in [-0.2, 0) is 0 Å². The minimum Gasteiger partial charge on any atom is -0.463 e. The van der Waals surface area contributed by atoms with Crippen LogP contribution in [0.4, 0.5) is 5.69 Å². The molecule has 0 bridgehead atoms. The summed E-state index contributed by atoms with van der Waals surface area (Å²) in [6.45, 7) is 2.13. The van der Waals surface area contributed by atoms with Gasteiger partial charge in [-0.25, -0.2) is 0 Å². The number of nitrogens with one attached hydrogen (secondary N) is 1. The van der Waals surface area contributed by atoms with E-state index >= 15 is 0 Å². The fraction of sp³-hybridized carbons (Fsp3) is 0.111. The van der Waals surface area contributed by atoms with E-state index in [-0.39, 0.29) is 6.04 Å². The number of benzene rings is 1. The van der Waals surface area contributed by atoms with Gasteiger partial charge in [-0.3, -0.25) is 10.4 Å². The summed E-state index contributed by atoms with van der Waals surface area (Å²) in [6.07, 6.45) is 3.92. The van der Waals surface area contributed by atoms with Gasteiger partial charge in [0.2, 0.25) is 0 Å². The minimum absolute atomic E-state index is 0.168. The van der Waals surface area contributed by atoms with Gasteiger partial charge in [0.05, 0.1) is 17.6 Å². The number of hydrogen-bond acceptors (Lipinski definition) is 4. The molecule has 3 heterocycles. The minimum atomic E-state index is 0.168. The summed E-state index contributed by atoms with van der Waals surface area (Å²) in [6, 6.07) is 16.7. The van der Waals surface area contributed by atoms with Crippen molar-refractivity contribution in [3.63, 3.8) is 0 Å². The van der Waals surface area contributed by atoms with E-state index in [1.165, 1.54) is 10.4 Å². The Hall–Kier alpha value is -2.46. The number of thiophene rings is 1. The molecule has 3 nitrogen and oxygen atoms in total. The molecule has 1 aliphatic rings. The van der Waals surface area contributed by atoms with Crippen LogP contribution in [0.3, 0.4) is 0 Å². The smallest absolute Gasteiger partial charge is 0.151 e. The average Bonchev–Trinajstić information content (AvgIpc) is 3.27. The number of nitrogens with zero attached hydrogens (tertiary/aromatic N) is 1. The lowest BCUT2D eigenvalue weighted by atomic mass is 10.1. The fourth-order valence-electron chi connectivity index (χ4n) is 2.67. The van der Waals surface area contributed by atoms with E-state index in [2.05, 4.69) is 59.1 Å². The van der Waals surface area contributed by atoms with Crippen molar-refractivity contribution < 1.29 is 4.42 Å². The molecule has 0 radical (unpaired) electrons. The maximum atomic E-state index is 5.54. The number of para-hydroxylation sites is 1. The van der Waals surface area contributed by atoms with Crippen molar-refractivity contribution >= 4 is 22.7 Å². The summed E-state index contributed by atoms with van der Waals surface area (Å²) in [7, 11) is 0. The molecule has 1 aromatic carbocycles. The van der Waals surface area contributed by atoms with Gasteiger partial charge in [0.15, 0.2) is 5.76 Å². The molecule has 1 aliphatic heterocycles. The maximum absolute atomic E-state index is 5.54. The Balaban J connectivity index is 1.75. The Morgan fingerprint density at radius 1 is 1.14 bits per heavy atom. The highest BCUT2D eigenvalue weighted by molar-refractivity contribution is 7.10. The van der Waals surface area contributed by atoms with Crippen molar-refractivity contribution in [2.24, 2.45) is 0 Å². The van der Waals surface area contributed by atoms with Crippen molar-refractivity contribution in [2.45, 2.75) is 13.0 Å². The van der Waals surface area contributed by atoms with Crippen LogP contribution < -0.4 is 10.4 Å². The van der Waals surface area contributed by atoms with Crippen LogP contribution in [0.25, 0.3) is 5.70 Å². The topological polar surface area (TPSA) is 28.4 Å². The molecule has 110 valence electrons. The van der Waals surface area contributed by atoms with Gasteiger partial charge in [0, 0.05) is 4.88 Å². The third kappa shape index (κ3) is 2.31. The van der Waals surface area contributed by atoms with E-state index in [4.69, 9.17) is 4.42 Å². The van der Waals surface area contributed by atoms with E-state index < -0.39 is 0 Å². The second kappa shape index (κ2) is 5.39. The second-order valence-corrected chi connectivity index (χ2v) is 6.29. The second-order valence-electron chi connectivity index (χ2n) is 5.35. The SMILES string of the molecule is Cc1csc(C2C=C(c3ccco3)NN2c2ccccc2)c1. The van der Waals surface area contributed by atoms with Crippen LogP contribution in [0.1, 0.15) is 22.2 Å². The van der Waals surface area contributed by atoms with Gasteiger partial charge < -0.3 is 4.42 Å². The Morgan fingerprint density at radius 2 is 2.00 bits per heavy atom. The fourth-order valence-corrected chi connectivity index (χ4v) is 3.63. The van der Waals surface area contributed by atoms with Crippen molar-refractivity contribution in [2.75, 3.05) is 5.01 Å². The van der Waals surface area contributed by atoms with Crippen molar-refractivity contribution in [3.05, 3.63) is 82.5 Å². The first-order valence-electron chi connectivity index (χ1n) is 7.23. The highest BCUT2D eigenvalue weighted by Gasteiger charge is 2.28. The van der Waals surface area contributed by atoms with Crippen molar-refractivity contribution in [1.29, 1.82) is 0 Å². The first-order valence-corrected chi connectivity index (χ1v) is 8.11. The monoisotopic (exact) mass is 308 g/mol. The molecule has 1 unspecified atom stereocenters. The summed E-state index contributed by atoms with van der Waals surface area (Å²) < 4.78 is 5.54. The molecule has 0 saturated carbocycles. The molecule has 0 saturated heterocycles. The summed E-state index contributed by atoms with van der Waals surface area (Å²) in [5.74, 6) is 0.858. The normalized spacial score (nSPS) is 17.4. The summed E-state index contributed by atoms with van der Waals surface area (Å²) in [5, 5.41) is 4.38. The molecule has 1 N–H and O–H groups in total. The van der Waals surface area contributed by atoms with E-state index in [0.29, 0.717) is 0 Å². The van der Waals surface area contributed by atoms with Crippen molar-refractivity contribution in [3.8, 4) is 0 Å². The van der Waals surface area contributed by atoms with E-state index in [0.717, 1.165) is 17.1 Å². The lowest BCUT2D eigenvalue weighted by molar-refractivity contribution is 0.547. The number of aryl methyl sites for hydroxylation is 1. The molecule has 3 aromatic rings. The first kappa shape index (κ1) is 13.2. The molecule has 22 heavy (non-hydrogen) atoms. The van der Waals surface area contributed by atoms with Crippen LogP contribution in [0.5, 0.6) is 0 Å². The lowest BCUT2D eigenvalue weighted by Crippen LogP contribution is -2.33. The van der Waals surface area contributed by atoms with Gasteiger partial charge in [0.25, 0.3) is 0 Å². The predicted octanol–water partition coefficient (Wildman–Crippen LogP) is 4.76. The van der Waals surface area contributed by atoms with E-state index in [1.54, 1.807) is 17.6 Å². The number of furan rings is 1. The number of hydrogen-bond donors (Lipinski definition) is 1. The molecular formula is C18H16N2OS. The Kier molecular flexibility index (Phi) is 3.24. The highest BCUT2D eigenvalue weighted by Crippen LogP contribution is 2.37. The lowest BCUT2D eigenvalue weighted by Gasteiger charge is -2.26. The third-order valence-corrected chi connectivity index (χ3v) is 4.83. The van der Waals surface area contributed by atoms with Gasteiger partial charge >= 0.3 is 0 Å². The zero-order chi connectivity index (χ0) is 14.9. The van der Waals surface area contributed by atoms with Gasteiger partial charge in [-0.2, -0.15) is 0 Å². The van der Waals surface area contributed by atoms with Crippen LogP contribution in [0.15, 0.2) is 70.7 Å². The van der Waals surface area contributed by atoms with Crippen molar-refractivity contribution in [1.82, 2.24) is 5.43 Å². The maximum Gasteiger partial charge on any atom is 0.151 e. The molecule has 0 fully saturated rings. The van der Waals surface area contributed by atoms with E-state index in [1.807, 2.05) is 18.2 Å². The summed E-state index contributed by atoms with van der Waals surface area (Å²) in [5.41, 5.74) is 6.91. The average molecular weight is 308 g/mol. The third-order valence-electron chi connectivity index (χ3n) is 3.71. The zero-order valence-corrected chi connectivity index (χ0v) is 13.0. The molecular weight excluding hydrogens is 292 g/mol. The predicted molar refractivity (Wildman–Crippen MR) is 90.5 cm³/mol. The summed E-state index contributed by atoms with van der Waals surface area (Å²) >= 11 is 1.79. The summed E-state index contributed by atoms with van der Waals surface area (Å²) in [4.78, 5) is 1.32. The largest absolute Gasteiger partial charge is 0.463 e. The standard InChI is InChI=1S/C18H16N2OS/c1-13-10-18(22-12-13)16-11-15(17-8-5-9-21-17)19-20(16)14-6-3-2-4-7-14/h2-12,16,19H,1H3. The van der Waals surface area contributed by atoms with Gasteiger partial charge in [-0.15, -0.1) is 11.3 Å². The molecule has 1 atom stereocenters. The van der Waals surface area contributed by atoms with Crippen LogP contribution in [-0.4, -0.2) is 0 Å². The Morgan fingerprint density at radius 3 is 2.68 bits per heavy atom. The zero-order valence-electron chi connectivity index (χ0n) is 12.2. The van der Waals surface area contributed by atoms with Crippen LogP contribution in [0, 0.1) is 6.92 Å². The number of hydrazine groups is 1.